The van der Waals surface area contributed by atoms with Crippen molar-refractivity contribution in [2.24, 2.45) is 0 Å². The second kappa shape index (κ2) is 8.55. The van der Waals surface area contributed by atoms with Crippen LogP contribution >= 0.6 is 0 Å². The number of rotatable bonds is 3. The first kappa shape index (κ1) is 13.0. The van der Waals surface area contributed by atoms with Crippen LogP contribution in [0.3, 0.4) is 0 Å². The summed E-state index contributed by atoms with van der Waals surface area (Å²) in [5.74, 6) is 0. The molecule has 0 aromatic rings. The maximum atomic E-state index is 2.52. The van der Waals surface area contributed by atoms with Gasteiger partial charge in [0.2, 0.25) is 0 Å². The van der Waals surface area contributed by atoms with Gasteiger partial charge >= 0.3 is 0 Å². The van der Waals surface area contributed by atoms with Gasteiger partial charge in [0.15, 0.2) is 0 Å². The van der Waals surface area contributed by atoms with E-state index in [1.165, 1.54) is 45.1 Å². The molecule has 1 fully saturated rings. The molecule has 1 saturated carbocycles. The van der Waals surface area contributed by atoms with Crippen molar-refractivity contribution in [3.8, 4) is 0 Å². The van der Waals surface area contributed by atoms with Crippen molar-refractivity contribution >= 4 is 0 Å². The Morgan fingerprint density at radius 1 is 1.08 bits per heavy atom. The molecule has 0 aliphatic heterocycles. The molecule has 0 saturated heterocycles. The normalized spacial score (nSPS) is 17.3. The minimum absolute atomic E-state index is 0.917. The SMILES string of the molecule is CCC.CCCN(C)C1CCCC1. The van der Waals surface area contributed by atoms with E-state index in [1.54, 1.807) is 0 Å². The monoisotopic (exact) mass is 185 g/mol. The van der Waals surface area contributed by atoms with Crippen LogP contribution in [0.4, 0.5) is 0 Å². The summed E-state index contributed by atoms with van der Waals surface area (Å²) in [5.41, 5.74) is 0. The fourth-order valence-electron chi connectivity index (χ4n) is 1.88. The first-order valence-electron chi connectivity index (χ1n) is 5.96. The Morgan fingerprint density at radius 2 is 1.54 bits per heavy atom. The molecule has 1 nitrogen and oxygen atoms in total. The zero-order valence-electron chi connectivity index (χ0n) is 9.97. The van der Waals surface area contributed by atoms with Crippen molar-refractivity contribution in [2.75, 3.05) is 13.6 Å². The summed E-state index contributed by atoms with van der Waals surface area (Å²) in [5, 5.41) is 0. The molecule has 1 rings (SSSR count). The van der Waals surface area contributed by atoms with Crippen molar-refractivity contribution in [3.63, 3.8) is 0 Å². The highest BCUT2D eigenvalue weighted by atomic mass is 15.1. The van der Waals surface area contributed by atoms with Gasteiger partial charge in [-0.25, -0.2) is 0 Å². The van der Waals surface area contributed by atoms with Crippen LogP contribution in [0, 0.1) is 0 Å². The van der Waals surface area contributed by atoms with E-state index in [-0.39, 0.29) is 0 Å². The van der Waals surface area contributed by atoms with E-state index in [0.717, 1.165) is 6.04 Å². The summed E-state index contributed by atoms with van der Waals surface area (Å²) in [6.45, 7) is 7.79. The van der Waals surface area contributed by atoms with Crippen molar-refractivity contribution in [1.82, 2.24) is 4.90 Å². The predicted molar refractivity (Wildman–Crippen MR) is 61.1 cm³/mol. The molecule has 0 N–H and O–H groups in total. The predicted octanol–water partition coefficient (Wildman–Crippen LogP) is 3.69. The van der Waals surface area contributed by atoms with Crippen molar-refractivity contribution in [2.45, 2.75) is 65.3 Å². The van der Waals surface area contributed by atoms with E-state index in [4.69, 9.17) is 0 Å². The van der Waals surface area contributed by atoms with Gasteiger partial charge in [0.25, 0.3) is 0 Å². The third-order valence-electron chi connectivity index (χ3n) is 2.52. The highest BCUT2D eigenvalue weighted by Crippen LogP contribution is 2.22. The summed E-state index contributed by atoms with van der Waals surface area (Å²) >= 11 is 0. The molecule has 0 atom stereocenters. The van der Waals surface area contributed by atoms with E-state index in [9.17, 15) is 0 Å². The molecule has 0 heterocycles. The molecule has 1 aliphatic rings. The van der Waals surface area contributed by atoms with Gasteiger partial charge in [-0.3, -0.25) is 0 Å². The lowest BCUT2D eigenvalue weighted by molar-refractivity contribution is 0.246. The zero-order chi connectivity index (χ0) is 10.1. The van der Waals surface area contributed by atoms with Gasteiger partial charge in [0.1, 0.15) is 0 Å². The van der Waals surface area contributed by atoms with Gasteiger partial charge in [-0.05, 0) is 32.9 Å². The van der Waals surface area contributed by atoms with Crippen molar-refractivity contribution in [1.29, 1.82) is 0 Å². The Morgan fingerprint density at radius 3 is 1.92 bits per heavy atom. The molecule has 0 amide bonds. The number of hydrogen-bond donors (Lipinski definition) is 0. The Hall–Kier alpha value is -0.0400. The molecule has 0 aromatic heterocycles. The number of nitrogens with zero attached hydrogens (tertiary/aromatic N) is 1. The van der Waals surface area contributed by atoms with Crippen LogP contribution in [0.25, 0.3) is 0 Å². The molecular formula is C12H27N. The van der Waals surface area contributed by atoms with E-state index in [0.29, 0.717) is 0 Å². The second-order valence-corrected chi connectivity index (χ2v) is 4.13. The van der Waals surface area contributed by atoms with Crippen LogP contribution in [-0.2, 0) is 0 Å². The average molecular weight is 185 g/mol. The standard InChI is InChI=1S/C9H19N.C3H8/c1-3-8-10(2)9-6-4-5-7-9;1-3-2/h9H,3-8H2,1-2H3;3H2,1-2H3. The summed E-state index contributed by atoms with van der Waals surface area (Å²) in [6.07, 6.45) is 8.34. The van der Waals surface area contributed by atoms with E-state index < -0.39 is 0 Å². The lowest BCUT2D eigenvalue weighted by atomic mass is 10.2. The smallest absolute Gasteiger partial charge is 0.00922 e. The van der Waals surface area contributed by atoms with Crippen LogP contribution in [0.15, 0.2) is 0 Å². The van der Waals surface area contributed by atoms with Gasteiger partial charge in [0.05, 0.1) is 0 Å². The first-order chi connectivity index (χ1) is 6.26. The maximum absolute atomic E-state index is 2.52. The average Bonchev–Trinajstić information content (AvgIpc) is 2.58. The lowest BCUT2D eigenvalue weighted by Crippen LogP contribution is -2.29. The Labute approximate surface area is 84.5 Å². The summed E-state index contributed by atoms with van der Waals surface area (Å²) < 4.78 is 0. The van der Waals surface area contributed by atoms with Crippen LogP contribution in [0.2, 0.25) is 0 Å². The van der Waals surface area contributed by atoms with E-state index in [2.05, 4.69) is 32.7 Å². The van der Waals surface area contributed by atoms with Gasteiger partial charge in [-0.2, -0.15) is 0 Å². The second-order valence-electron chi connectivity index (χ2n) is 4.13. The van der Waals surface area contributed by atoms with Crippen molar-refractivity contribution < 1.29 is 0 Å². The van der Waals surface area contributed by atoms with Crippen molar-refractivity contribution in [3.05, 3.63) is 0 Å². The topological polar surface area (TPSA) is 3.24 Å². The quantitative estimate of drug-likeness (QED) is 0.648. The molecule has 0 aromatic carbocycles. The molecule has 1 aliphatic carbocycles. The molecule has 1 heteroatoms. The zero-order valence-corrected chi connectivity index (χ0v) is 9.97. The van der Waals surface area contributed by atoms with Crippen LogP contribution in [0.1, 0.15) is 59.3 Å². The summed E-state index contributed by atoms with van der Waals surface area (Å²) in [6, 6.07) is 0.917. The van der Waals surface area contributed by atoms with E-state index in [1.807, 2.05) is 0 Å². The van der Waals surface area contributed by atoms with Gasteiger partial charge in [-0.1, -0.05) is 40.0 Å². The lowest BCUT2D eigenvalue weighted by Gasteiger charge is -2.22. The fourth-order valence-corrected chi connectivity index (χ4v) is 1.88. The van der Waals surface area contributed by atoms with Gasteiger partial charge in [-0.15, -0.1) is 0 Å². The molecule has 0 radical (unpaired) electrons. The summed E-state index contributed by atoms with van der Waals surface area (Å²) in [4.78, 5) is 2.52. The van der Waals surface area contributed by atoms with Crippen LogP contribution in [-0.4, -0.2) is 24.5 Å². The van der Waals surface area contributed by atoms with Gasteiger partial charge in [0, 0.05) is 6.04 Å². The summed E-state index contributed by atoms with van der Waals surface area (Å²) in [7, 11) is 2.26. The highest BCUT2D eigenvalue weighted by Gasteiger charge is 2.17. The first-order valence-corrected chi connectivity index (χ1v) is 5.96. The van der Waals surface area contributed by atoms with Gasteiger partial charge < -0.3 is 4.90 Å². The fraction of sp³-hybridized carbons (Fsp3) is 1.00. The third-order valence-corrected chi connectivity index (χ3v) is 2.52. The Balaban J connectivity index is 0.000000424. The van der Waals surface area contributed by atoms with E-state index >= 15 is 0 Å². The minimum atomic E-state index is 0.917. The highest BCUT2D eigenvalue weighted by molar-refractivity contribution is 4.74. The molecule has 80 valence electrons. The molecule has 13 heavy (non-hydrogen) atoms. The Kier molecular flexibility index (Phi) is 8.53. The minimum Gasteiger partial charge on any atom is -0.303 e. The molecule has 0 bridgehead atoms. The maximum Gasteiger partial charge on any atom is 0.00922 e. The molecule has 0 spiro atoms. The largest absolute Gasteiger partial charge is 0.303 e. The molecular weight excluding hydrogens is 158 g/mol. The van der Waals surface area contributed by atoms with Crippen LogP contribution in [0.5, 0.6) is 0 Å². The Bertz CT molecular complexity index is 95.3. The molecule has 0 unspecified atom stereocenters. The van der Waals surface area contributed by atoms with Crippen LogP contribution < -0.4 is 0 Å². The third kappa shape index (κ3) is 6.09. The number of hydrogen-bond acceptors (Lipinski definition) is 1.